The Kier molecular flexibility index (Phi) is 3.80. The molecule has 0 fully saturated rings. The summed E-state index contributed by atoms with van der Waals surface area (Å²) < 4.78 is 77.7. The summed E-state index contributed by atoms with van der Waals surface area (Å²) in [6.45, 7) is 0. The van der Waals surface area contributed by atoms with Crippen molar-refractivity contribution in [1.29, 1.82) is 0 Å². The van der Waals surface area contributed by atoms with Gasteiger partial charge in [0.2, 0.25) is 0 Å². The molecule has 0 N–H and O–H groups in total. The second kappa shape index (κ2) is 9.44. The highest BCUT2D eigenvalue weighted by Crippen LogP contribution is 2.45. The van der Waals surface area contributed by atoms with Crippen molar-refractivity contribution in [3.63, 3.8) is 0 Å². The van der Waals surface area contributed by atoms with Gasteiger partial charge in [0, 0.05) is 10.9 Å². The average molecular weight is 555 g/mol. The zero-order valence-corrected chi connectivity index (χ0v) is 22.8. The lowest BCUT2D eigenvalue weighted by Gasteiger charge is -2.17. The summed E-state index contributed by atoms with van der Waals surface area (Å²) in [4.78, 5) is 0. The van der Waals surface area contributed by atoms with E-state index in [9.17, 15) is 2.74 Å². The van der Waals surface area contributed by atoms with Gasteiger partial charge in [-0.2, -0.15) is 0 Å². The molecule has 0 amide bonds. The van der Waals surface area contributed by atoms with Crippen molar-refractivity contribution >= 4 is 54.1 Å². The van der Waals surface area contributed by atoms with E-state index in [1.54, 1.807) is 36.4 Å². The van der Waals surface area contributed by atoms with Crippen molar-refractivity contribution in [2.45, 2.75) is 0 Å². The van der Waals surface area contributed by atoms with Crippen LogP contribution in [0, 0.1) is 0 Å². The van der Waals surface area contributed by atoms with E-state index in [1.807, 2.05) is 42.5 Å². The molecule has 9 rings (SSSR count). The van der Waals surface area contributed by atoms with Gasteiger partial charge >= 0.3 is 0 Å². The molecule has 43 heavy (non-hydrogen) atoms. The van der Waals surface area contributed by atoms with E-state index in [1.165, 1.54) is 0 Å². The second-order valence-electron chi connectivity index (χ2n) is 10.7. The molecular formula is C42H26O. The van der Waals surface area contributed by atoms with Gasteiger partial charge in [-0.1, -0.05) is 133 Å². The van der Waals surface area contributed by atoms with Crippen LogP contribution in [-0.2, 0) is 0 Å². The minimum Gasteiger partial charge on any atom is -0.456 e. The van der Waals surface area contributed by atoms with E-state index < -0.39 is 24.2 Å². The number of fused-ring (bicyclic) bond motifs is 6. The summed E-state index contributed by atoms with van der Waals surface area (Å²) in [5.41, 5.74) is 3.27. The maximum Gasteiger partial charge on any atom is 0.136 e. The molecule has 0 atom stereocenters. The van der Waals surface area contributed by atoms with Gasteiger partial charge in [0.1, 0.15) is 11.3 Å². The first-order chi connectivity index (χ1) is 24.7. The first-order valence-corrected chi connectivity index (χ1v) is 14.1. The van der Waals surface area contributed by atoms with E-state index in [2.05, 4.69) is 30.3 Å². The molecular weight excluding hydrogens is 520 g/mol. The number of benzene rings is 8. The molecule has 0 saturated carbocycles. The van der Waals surface area contributed by atoms with Crippen molar-refractivity contribution < 1.29 is 15.4 Å². The third-order valence-electron chi connectivity index (χ3n) is 8.28. The minimum atomic E-state index is -0.428. The van der Waals surface area contributed by atoms with Crippen molar-refractivity contribution in [2.75, 3.05) is 0 Å². The molecule has 0 saturated heterocycles. The predicted molar refractivity (Wildman–Crippen MR) is 183 cm³/mol. The van der Waals surface area contributed by atoms with Gasteiger partial charge in [0.25, 0.3) is 0 Å². The maximum atomic E-state index is 9.19. The topological polar surface area (TPSA) is 13.1 Å². The third kappa shape index (κ3) is 3.72. The lowest BCUT2D eigenvalue weighted by molar-refractivity contribution is 0.632. The van der Waals surface area contributed by atoms with Crippen LogP contribution in [0.15, 0.2) is 162 Å². The Hall–Kier alpha value is -5.66. The molecule has 0 bridgehead atoms. The fraction of sp³-hybridized carbons (Fsp3) is 0. The van der Waals surface area contributed by atoms with E-state index in [-0.39, 0.29) is 45.7 Å². The predicted octanol–water partition coefficient (Wildman–Crippen LogP) is 12.0. The number of furan rings is 1. The van der Waals surface area contributed by atoms with Crippen molar-refractivity contribution in [2.24, 2.45) is 0 Å². The van der Waals surface area contributed by atoms with Gasteiger partial charge in [-0.3, -0.25) is 0 Å². The monoisotopic (exact) mass is 554 g/mol. The average Bonchev–Trinajstić information content (AvgIpc) is 3.60. The minimum absolute atomic E-state index is 0.181. The Bertz CT molecular complexity index is 2870. The molecule has 0 radical (unpaired) electrons. The fourth-order valence-corrected chi connectivity index (χ4v) is 6.40. The molecule has 9 aromatic rings. The molecule has 1 heteroatoms. The maximum absolute atomic E-state index is 9.19. The molecule has 1 nitrogen and oxygen atoms in total. The molecule has 0 unspecified atom stereocenters. The molecule has 0 aliphatic heterocycles. The van der Waals surface area contributed by atoms with E-state index >= 15 is 0 Å². The van der Waals surface area contributed by atoms with Crippen LogP contribution in [0.25, 0.3) is 87.6 Å². The highest BCUT2D eigenvalue weighted by molar-refractivity contribution is 6.22. The lowest BCUT2D eigenvalue weighted by atomic mass is 9.86. The first kappa shape index (κ1) is 17.3. The van der Waals surface area contributed by atoms with Crippen molar-refractivity contribution in [3.05, 3.63) is 158 Å². The highest BCUT2D eigenvalue weighted by Gasteiger charge is 2.18. The Labute approximate surface area is 260 Å². The third-order valence-corrected chi connectivity index (χ3v) is 8.28. The molecule has 0 aliphatic rings. The van der Waals surface area contributed by atoms with Crippen molar-refractivity contribution in [3.8, 4) is 33.6 Å². The van der Waals surface area contributed by atoms with Crippen LogP contribution in [-0.4, -0.2) is 0 Å². The van der Waals surface area contributed by atoms with Crippen LogP contribution in [0.3, 0.4) is 0 Å². The highest BCUT2D eigenvalue weighted by atomic mass is 16.3. The Morgan fingerprint density at radius 3 is 1.70 bits per heavy atom. The molecule has 1 heterocycles. The van der Waals surface area contributed by atoms with Gasteiger partial charge in [-0.15, -0.1) is 0 Å². The van der Waals surface area contributed by atoms with Crippen molar-refractivity contribution in [1.82, 2.24) is 0 Å². The zero-order chi connectivity index (χ0) is 35.3. The fourth-order valence-electron chi connectivity index (χ4n) is 6.40. The Balaban J connectivity index is 1.41. The summed E-state index contributed by atoms with van der Waals surface area (Å²) in [5, 5.41) is 5.83. The van der Waals surface area contributed by atoms with Gasteiger partial charge in [0.05, 0.1) is 11.0 Å². The Morgan fingerprint density at radius 1 is 0.419 bits per heavy atom. The normalized spacial score (nSPS) is 14.3. The SMILES string of the molecule is [2H]c1c([2H])c([2H])c2c(-c3ccc4oc(-c5cc6ccccc6c6ccccc56)cc4c3)c3c([2H])c([2H])c([2H])c([2H])c3c(-c3ccccc3)c2c1[2H]. The van der Waals surface area contributed by atoms with Crippen LogP contribution in [0.1, 0.15) is 11.0 Å². The zero-order valence-electron chi connectivity index (χ0n) is 30.8. The lowest BCUT2D eigenvalue weighted by Crippen LogP contribution is -1.90. The number of hydrogen-bond donors (Lipinski definition) is 0. The molecule has 1 aromatic heterocycles. The van der Waals surface area contributed by atoms with E-state index in [0.29, 0.717) is 33.6 Å². The largest absolute Gasteiger partial charge is 0.456 e. The second-order valence-corrected chi connectivity index (χ2v) is 10.7. The van der Waals surface area contributed by atoms with Gasteiger partial charge in [-0.25, -0.2) is 0 Å². The summed E-state index contributed by atoms with van der Waals surface area (Å²) in [6, 6.07) is 32.1. The van der Waals surface area contributed by atoms with Crippen LogP contribution in [0.5, 0.6) is 0 Å². The van der Waals surface area contributed by atoms with E-state index in [4.69, 9.17) is 12.6 Å². The van der Waals surface area contributed by atoms with Gasteiger partial charge < -0.3 is 4.42 Å². The smallest absolute Gasteiger partial charge is 0.136 e. The molecule has 8 aromatic carbocycles. The van der Waals surface area contributed by atoms with E-state index in [0.717, 1.165) is 32.5 Å². The van der Waals surface area contributed by atoms with Gasteiger partial charge in [-0.05, 0) is 89.6 Å². The summed E-state index contributed by atoms with van der Waals surface area (Å²) in [7, 11) is 0. The molecule has 0 spiro atoms. The summed E-state index contributed by atoms with van der Waals surface area (Å²) in [5.74, 6) is 0.655. The number of rotatable bonds is 3. The standard InChI is InChI=1S/C42H26O/c1-2-12-27(13-3-1)41-34-18-8-10-20-36(34)42(37-21-11-9-19-35(37)41)29-22-23-39-30(24-29)26-40(43-39)38-25-28-14-4-5-15-31(28)32-16-6-7-17-33(32)38/h1-26H/i8D,9D,10D,11D,18D,19D,20D,21D. The summed E-state index contributed by atoms with van der Waals surface area (Å²) >= 11 is 0. The van der Waals surface area contributed by atoms with Crippen LogP contribution in [0.4, 0.5) is 0 Å². The molecule has 200 valence electrons. The Morgan fingerprint density at radius 2 is 1.00 bits per heavy atom. The quantitative estimate of drug-likeness (QED) is 0.156. The first-order valence-electron chi connectivity index (χ1n) is 18.1. The number of hydrogen-bond acceptors (Lipinski definition) is 1. The summed E-state index contributed by atoms with van der Waals surface area (Å²) in [6.07, 6.45) is 0. The van der Waals surface area contributed by atoms with Gasteiger partial charge in [0.15, 0.2) is 0 Å². The molecule has 0 aliphatic carbocycles. The van der Waals surface area contributed by atoms with Crippen LogP contribution >= 0.6 is 0 Å². The van der Waals surface area contributed by atoms with Crippen LogP contribution in [0.2, 0.25) is 0 Å². The van der Waals surface area contributed by atoms with Crippen LogP contribution < -0.4 is 0 Å².